The molecular weight excluding hydrogens is 241 g/mol. The number of nitrogens with one attached hydrogen (secondary N) is 1. The number of nitrogens with zero attached hydrogens (tertiary/aromatic N) is 2. The van der Waals surface area contributed by atoms with Crippen LogP contribution in [0.3, 0.4) is 0 Å². The fourth-order valence-corrected chi connectivity index (χ4v) is 2.36. The van der Waals surface area contributed by atoms with Crippen molar-refractivity contribution in [1.29, 1.82) is 0 Å². The van der Waals surface area contributed by atoms with Crippen LogP contribution < -0.4 is 5.32 Å². The summed E-state index contributed by atoms with van der Waals surface area (Å²) in [6, 6.07) is 6.63. The molecule has 1 aliphatic rings. The van der Waals surface area contributed by atoms with Gasteiger partial charge >= 0.3 is 0 Å². The smallest absolute Gasteiger partial charge is 0.152 e. The van der Waals surface area contributed by atoms with E-state index >= 15 is 0 Å². The summed E-state index contributed by atoms with van der Waals surface area (Å²) in [5, 5.41) is 3.68. The van der Waals surface area contributed by atoms with Crippen LogP contribution in [0.5, 0.6) is 0 Å². The lowest BCUT2D eigenvalue weighted by Gasteiger charge is -2.18. The molecule has 2 heterocycles. The first-order valence-electron chi connectivity index (χ1n) is 5.48. The third kappa shape index (κ3) is 1.73. The van der Waals surface area contributed by atoms with Crippen LogP contribution in [0.4, 0.5) is 4.39 Å². The van der Waals surface area contributed by atoms with Gasteiger partial charge < -0.3 is 9.88 Å². The molecule has 0 unspecified atom stereocenters. The van der Waals surface area contributed by atoms with Crippen LogP contribution in [0, 0.1) is 5.82 Å². The third-order valence-electron chi connectivity index (χ3n) is 2.94. The molecule has 0 saturated carbocycles. The Balaban J connectivity index is 2.19. The van der Waals surface area contributed by atoms with Crippen LogP contribution in [0.1, 0.15) is 5.69 Å². The number of benzene rings is 1. The number of hydrogen-bond donors (Lipinski definition) is 1. The standard InChI is InChI=1S/C12H11ClFN3/c13-11-10-7-15-5-6-17(10)12(16-11)8-3-1-2-4-9(8)14/h1-4,15H,5-7H2. The van der Waals surface area contributed by atoms with E-state index in [4.69, 9.17) is 11.6 Å². The fourth-order valence-electron chi connectivity index (χ4n) is 2.11. The van der Waals surface area contributed by atoms with Gasteiger partial charge in [-0.3, -0.25) is 0 Å². The van der Waals surface area contributed by atoms with Crippen molar-refractivity contribution in [3.63, 3.8) is 0 Å². The van der Waals surface area contributed by atoms with Gasteiger partial charge in [0, 0.05) is 19.6 Å². The van der Waals surface area contributed by atoms with Crippen LogP contribution in [0.25, 0.3) is 11.4 Å². The zero-order valence-electron chi connectivity index (χ0n) is 9.08. The van der Waals surface area contributed by atoms with Gasteiger partial charge in [-0.25, -0.2) is 9.37 Å². The molecule has 0 aliphatic carbocycles. The first-order valence-corrected chi connectivity index (χ1v) is 5.85. The molecule has 1 N–H and O–H groups in total. The molecule has 3 rings (SSSR count). The molecule has 17 heavy (non-hydrogen) atoms. The quantitative estimate of drug-likeness (QED) is 0.844. The van der Waals surface area contributed by atoms with E-state index in [1.165, 1.54) is 6.07 Å². The SMILES string of the molecule is Fc1ccccc1-c1nc(Cl)c2n1CCNC2. The maximum Gasteiger partial charge on any atom is 0.152 e. The van der Waals surface area contributed by atoms with E-state index in [0.29, 0.717) is 23.1 Å². The van der Waals surface area contributed by atoms with E-state index < -0.39 is 0 Å². The van der Waals surface area contributed by atoms with Gasteiger partial charge in [0.2, 0.25) is 0 Å². The third-order valence-corrected chi connectivity index (χ3v) is 3.25. The van der Waals surface area contributed by atoms with Gasteiger partial charge in [0.05, 0.1) is 11.3 Å². The van der Waals surface area contributed by atoms with Gasteiger partial charge in [-0.15, -0.1) is 0 Å². The Bertz CT molecular complexity index is 565. The monoisotopic (exact) mass is 251 g/mol. The van der Waals surface area contributed by atoms with E-state index in [-0.39, 0.29) is 5.82 Å². The molecule has 0 spiro atoms. The average molecular weight is 252 g/mol. The highest BCUT2D eigenvalue weighted by Gasteiger charge is 2.20. The minimum absolute atomic E-state index is 0.268. The summed E-state index contributed by atoms with van der Waals surface area (Å²) in [5.74, 6) is 0.347. The largest absolute Gasteiger partial charge is 0.324 e. The van der Waals surface area contributed by atoms with Crippen molar-refractivity contribution in [2.24, 2.45) is 0 Å². The fraction of sp³-hybridized carbons (Fsp3) is 0.250. The molecule has 0 radical (unpaired) electrons. The molecule has 1 aliphatic heterocycles. The van der Waals surface area contributed by atoms with Crippen LogP contribution in [-0.4, -0.2) is 16.1 Å². The summed E-state index contributed by atoms with van der Waals surface area (Å²) in [7, 11) is 0. The molecule has 0 bridgehead atoms. The summed E-state index contributed by atoms with van der Waals surface area (Å²) in [5.41, 5.74) is 1.43. The zero-order chi connectivity index (χ0) is 11.8. The van der Waals surface area contributed by atoms with Crippen LogP contribution in [-0.2, 0) is 13.1 Å². The topological polar surface area (TPSA) is 29.9 Å². The summed E-state index contributed by atoms with van der Waals surface area (Å²) < 4.78 is 15.7. The predicted octanol–water partition coefficient (Wildman–Crippen LogP) is 2.45. The van der Waals surface area contributed by atoms with Gasteiger partial charge in [0.15, 0.2) is 5.15 Å². The molecule has 0 atom stereocenters. The van der Waals surface area contributed by atoms with Gasteiger partial charge in [-0.05, 0) is 12.1 Å². The Labute approximate surface area is 103 Å². The van der Waals surface area contributed by atoms with Crippen LogP contribution in [0.2, 0.25) is 5.15 Å². The summed E-state index contributed by atoms with van der Waals surface area (Å²) in [6.45, 7) is 2.29. The van der Waals surface area contributed by atoms with E-state index in [2.05, 4.69) is 10.3 Å². The van der Waals surface area contributed by atoms with Gasteiger partial charge in [-0.2, -0.15) is 0 Å². The first kappa shape index (κ1) is 10.7. The predicted molar refractivity (Wildman–Crippen MR) is 64.3 cm³/mol. The van der Waals surface area contributed by atoms with Crippen molar-refractivity contribution >= 4 is 11.6 Å². The lowest BCUT2D eigenvalue weighted by atomic mass is 10.2. The molecule has 0 saturated heterocycles. The van der Waals surface area contributed by atoms with Crippen molar-refractivity contribution in [1.82, 2.24) is 14.9 Å². The summed E-state index contributed by atoms with van der Waals surface area (Å²) in [6.07, 6.45) is 0. The molecular formula is C12H11ClFN3. The van der Waals surface area contributed by atoms with Crippen molar-refractivity contribution in [2.45, 2.75) is 13.1 Å². The Morgan fingerprint density at radius 2 is 2.18 bits per heavy atom. The molecule has 88 valence electrons. The van der Waals surface area contributed by atoms with E-state index in [9.17, 15) is 4.39 Å². The average Bonchev–Trinajstić information content (AvgIpc) is 2.68. The van der Waals surface area contributed by atoms with Crippen LogP contribution in [0.15, 0.2) is 24.3 Å². The van der Waals surface area contributed by atoms with Crippen molar-refractivity contribution in [3.8, 4) is 11.4 Å². The lowest BCUT2D eigenvalue weighted by Crippen LogP contribution is -2.28. The highest BCUT2D eigenvalue weighted by Crippen LogP contribution is 2.28. The first-order chi connectivity index (χ1) is 8.27. The number of aromatic nitrogens is 2. The minimum atomic E-state index is -0.268. The van der Waals surface area contributed by atoms with E-state index in [1.54, 1.807) is 18.2 Å². The molecule has 0 fully saturated rings. The summed E-state index contributed by atoms with van der Waals surface area (Å²) >= 11 is 6.07. The van der Waals surface area contributed by atoms with Crippen molar-refractivity contribution < 1.29 is 4.39 Å². The molecule has 5 heteroatoms. The van der Waals surface area contributed by atoms with Gasteiger partial charge in [0.1, 0.15) is 11.6 Å². The normalized spacial score (nSPS) is 14.7. The molecule has 1 aromatic carbocycles. The number of rotatable bonds is 1. The second-order valence-electron chi connectivity index (χ2n) is 3.98. The van der Waals surface area contributed by atoms with Gasteiger partial charge in [-0.1, -0.05) is 23.7 Å². The molecule has 1 aromatic heterocycles. The second kappa shape index (κ2) is 4.13. The van der Waals surface area contributed by atoms with E-state index in [0.717, 1.165) is 18.8 Å². The maximum absolute atomic E-state index is 13.7. The summed E-state index contributed by atoms with van der Waals surface area (Å²) in [4.78, 5) is 4.27. The Hall–Kier alpha value is -1.39. The van der Waals surface area contributed by atoms with E-state index in [1.807, 2.05) is 4.57 Å². The van der Waals surface area contributed by atoms with Crippen molar-refractivity contribution in [2.75, 3.05) is 6.54 Å². The Morgan fingerprint density at radius 1 is 1.35 bits per heavy atom. The second-order valence-corrected chi connectivity index (χ2v) is 4.34. The maximum atomic E-state index is 13.7. The highest BCUT2D eigenvalue weighted by molar-refractivity contribution is 6.30. The molecule has 0 amide bonds. The highest BCUT2D eigenvalue weighted by atomic mass is 35.5. The Morgan fingerprint density at radius 3 is 3.00 bits per heavy atom. The van der Waals surface area contributed by atoms with Gasteiger partial charge in [0.25, 0.3) is 0 Å². The van der Waals surface area contributed by atoms with Crippen molar-refractivity contribution in [3.05, 3.63) is 40.9 Å². The minimum Gasteiger partial charge on any atom is -0.324 e. The Kier molecular flexibility index (Phi) is 2.61. The number of halogens is 2. The lowest BCUT2D eigenvalue weighted by molar-refractivity contribution is 0.518. The zero-order valence-corrected chi connectivity index (χ0v) is 9.84. The molecule has 2 aromatic rings. The molecule has 3 nitrogen and oxygen atoms in total. The number of fused-ring (bicyclic) bond motifs is 1. The number of hydrogen-bond acceptors (Lipinski definition) is 2. The van der Waals surface area contributed by atoms with Crippen LogP contribution >= 0.6 is 11.6 Å². The number of imidazole rings is 1.